The lowest BCUT2D eigenvalue weighted by Crippen LogP contribution is -2.32. The molecule has 1 unspecified atom stereocenters. The largest absolute Gasteiger partial charge is 0.496 e. The minimum absolute atomic E-state index is 0.266. The van der Waals surface area contributed by atoms with Gasteiger partial charge in [-0.15, -0.1) is 0 Å². The van der Waals surface area contributed by atoms with Crippen LogP contribution in [0.1, 0.15) is 5.56 Å². The molecule has 0 saturated carbocycles. The quantitative estimate of drug-likeness (QED) is 0.727. The average molecular weight is 289 g/mol. The summed E-state index contributed by atoms with van der Waals surface area (Å²) in [5.74, 6) is 0.831. The zero-order valence-electron chi connectivity index (χ0n) is 9.24. The highest BCUT2D eigenvalue weighted by Crippen LogP contribution is 2.22. The van der Waals surface area contributed by atoms with Crippen molar-refractivity contribution in [2.45, 2.75) is 12.6 Å². The van der Waals surface area contributed by atoms with Gasteiger partial charge in [-0.1, -0.05) is 15.9 Å². The summed E-state index contributed by atoms with van der Waals surface area (Å²) in [5.41, 5.74) is 6.35. The van der Waals surface area contributed by atoms with Gasteiger partial charge in [-0.3, -0.25) is 0 Å². The van der Waals surface area contributed by atoms with Crippen molar-refractivity contribution in [2.24, 2.45) is 5.73 Å². The van der Waals surface area contributed by atoms with Crippen LogP contribution in [0.2, 0.25) is 0 Å². The molecule has 0 amide bonds. The maximum absolute atomic E-state index is 9.29. The van der Waals surface area contributed by atoms with Crippen molar-refractivity contribution in [3.63, 3.8) is 0 Å². The van der Waals surface area contributed by atoms with Crippen LogP contribution in [0.25, 0.3) is 0 Å². The zero-order chi connectivity index (χ0) is 12.0. The van der Waals surface area contributed by atoms with Gasteiger partial charge in [0, 0.05) is 29.7 Å². The summed E-state index contributed by atoms with van der Waals surface area (Å²) in [4.78, 5) is 0. The third kappa shape index (κ3) is 4.09. The van der Waals surface area contributed by atoms with E-state index in [1.807, 2.05) is 18.2 Å². The Morgan fingerprint density at radius 3 is 2.94 bits per heavy atom. The Morgan fingerprint density at radius 2 is 2.31 bits per heavy atom. The van der Waals surface area contributed by atoms with Gasteiger partial charge in [-0.25, -0.2) is 0 Å². The molecule has 0 aromatic heterocycles. The molecule has 1 rings (SSSR count). The van der Waals surface area contributed by atoms with E-state index in [-0.39, 0.29) is 6.54 Å². The predicted molar refractivity (Wildman–Crippen MR) is 67.5 cm³/mol. The van der Waals surface area contributed by atoms with Crippen LogP contribution >= 0.6 is 15.9 Å². The number of hydrogen-bond donors (Lipinski definition) is 3. The van der Waals surface area contributed by atoms with Crippen molar-refractivity contribution in [2.75, 3.05) is 20.2 Å². The molecule has 16 heavy (non-hydrogen) atoms. The molecule has 0 fully saturated rings. The van der Waals surface area contributed by atoms with Gasteiger partial charge in [0.15, 0.2) is 0 Å². The van der Waals surface area contributed by atoms with Crippen molar-refractivity contribution < 1.29 is 9.84 Å². The topological polar surface area (TPSA) is 67.5 Å². The molecule has 4 N–H and O–H groups in total. The minimum atomic E-state index is -0.502. The standard InChI is InChI=1S/C11H17BrN2O2/c1-16-11-3-2-9(12)4-8(11)6-14-7-10(15)5-13/h2-4,10,14-15H,5-7,13H2,1H3. The first-order valence-corrected chi connectivity index (χ1v) is 5.88. The number of methoxy groups -OCH3 is 1. The van der Waals surface area contributed by atoms with Crippen LogP contribution in [-0.2, 0) is 6.54 Å². The molecule has 1 aromatic rings. The van der Waals surface area contributed by atoms with E-state index >= 15 is 0 Å². The predicted octanol–water partition coefficient (Wildman–Crippen LogP) is 0.867. The van der Waals surface area contributed by atoms with Crippen LogP contribution in [0.5, 0.6) is 5.75 Å². The van der Waals surface area contributed by atoms with E-state index in [0.717, 1.165) is 15.8 Å². The molecule has 0 heterocycles. The number of ether oxygens (including phenoxy) is 1. The highest BCUT2D eigenvalue weighted by Gasteiger charge is 2.05. The van der Waals surface area contributed by atoms with E-state index in [4.69, 9.17) is 10.5 Å². The molecule has 0 radical (unpaired) electrons. The number of hydrogen-bond acceptors (Lipinski definition) is 4. The van der Waals surface area contributed by atoms with E-state index in [2.05, 4.69) is 21.2 Å². The van der Waals surface area contributed by atoms with E-state index in [0.29, 0.717) is 13.1 Å². The first kappa shape index (κ1) is 13.4. The van der Waals surface area contributed by atoms with Crippen LogP contribution in [0.15, 0.2) is 22.7 Å². The average Bonchev–Trinajstić information content (AvgIpc) is 2.29. The first-order chi connectivity index (χ1) is 7.67. The lowest BCUT2D eigenvalue weighted by molar-refractivity contribution is 0.179. The molecule has 0 aliphatic heterocycles. The van der Waals surface area contributed by atoms with E-state index < -0.39 is 6.10 Å². The fraction of sp³-hybridized carbons (Fsp3) is 0.455. The number of nitrogens with two attached hydrogens (primary N) is 1. The third-order valence-corrected chi connectivity index (χ3v) is 2.70. The van der Waals surface area contributed by atoms with Gasteiger partial charge < -0.3 is 20.9 Å². The fourth-order valence-corrected chi connectivity index (χ4v) is 1.75. The fourth-order valence-electron chi connectivity index (χ4n) is 1.34. The summed E-state index contributed by atoms with van der Waals surface area (Å²) in [6.45, 7) is 1.38. The molecular weight excluding hydrogens is 272 g/mol. The minimum Gasteiger partial charge on any atom is -0.496 e. The Morgan fingerprint density at radius 1 is 1.56 bits per heavy atom. The summed E-state index contributed by atoms with van der Waals surface area (Å²) in [5, 5.41) is 12.4. The first-order valence-electron chi connectivity index (χ1n) is 5.08. The molecule has 0 bridgehead atoms. The molecule has 1 atom stereocenters. The number of nitrogens with one attached hydrogen (secondary N) is 1. The number of aliphatic hydroxyl groups is 1. The van der Waals surface area contributed by atoms with E-state index in [1.165, 1.54) is 0 Å². The van der Waals surface area contributed by atoms with Gasteiger partial charge in [0.2, 0.25) is 0 Å². The van der Waals surface area contributed by atoms with E-state index in [9.17, 15) is 5.11 Å². The van der Waals surface area contributed by atoms with Crippen molar-refractivity contribution in [3.05, 3.63) is 28.2 Å². The van der Waals surface area contributed by atoms with Gasteiger partial charge in [0.25, 0.3) is 0 Å². The zero-order valence-corrected chi connectivity index (χ0v) is 10.8. The highest BCUT2D eigenvalue weighted by molar-refractivity contribution is 9.10. The van der Waals surface area contributed by atoms with Gasteiger partial charge in [-0.05, 0) is 18.2 Å². The van der Waals surface area contributed by atoms with Crippen molar-refractivity contribution in [1.82, 2.24) is 5.32 Å². The highest BCUT2D eigenvalue weighted by atomic mass is 79.9. The molecule has 0 spiro atoms. The van der Waals surface area contributed by atoms with Crippen LogP contribution in [0, 0.1) is 0 Å². The molecular formula is C11H17BrN2O2. The van der Waals surface area contributed by atoms with Crippen LogP contribution in [-0.4, -0.2) is 31.4 Å². The lowest BCUT2D eigenvalue weighted by Gasteiger charge is -2.12. The molecule has 90 valence electrons. The van der Waals surface area contributed by atoms with Crippen molar-refractivity contribution in [3.8, 4) is 5.75 Å². The Balaban J connectivity index is 2.55. The molecule has 0 aliphatic carbocycles. The summed E-state index contributed by atoms with van der Waals surface area (Å²) in [6.07, 6.45) is -0.502. The summed E-state index contributed by atoms with van der Waals surface area (Å²) >= 11 is 3.41. The number of aliphatic hydroxyl groups excluding tert-OH is 1. The SMILES string of the molecule is COc1ccc(Br)cc1CNCC(O)CN. The third-order valence-electron chi connectivity index (χ3n) is 2.21. The second-order valence-electron chi connectivity index (χ2n) is 3.48. The lowest BCUT2D eigenvalue weighted by atomic mass is 10.2. The Hall–Kier alpha value is -0.620. The number of halogens is 1. The van der Waals surface area contributed by atoms with Crippen LogP contribution in [0.4, 0.5) is 0 Å². The van der Waals surface area contributed by atoms with Gasteiger partial charge in [0.1, 0.15) is 5.75 Å². The van der Waals surface area contributed by atoms with E-state index in [1.54, 1.807) is 7.11 Å². The number of rotatable bonds is 6. The Bertz CT molecular complexity index is 334. The summed E-state index contributed by atoms with van der Waals surface area (Å²) in [6, 6.07) is 5.82. The molecule has 4 nitrogen and oxygen atoms in total. The van der Waals surface area contributed by atoms with Crippen LogP contribution < -0.4 is 15.8 Å². The molecule has 1 aromatic carbocycles. The monoisotopic (exact) mass is 288 g/mol. The Kier molecular flexibility index (Phi) is 5.76. The Labute approximate surface area is 104 Å². The molecule has 5 heteroatoms. The van der Waals surface area contributed by atoms with Gasteiger partial charge in [-0.2, -0.15) is 0 Å². The van der Waals surface area contributed by atoms with Crippen molar-refractivity contribution in [1.29, 1.82) is 0 Å². The summed E-state index contributed by atoms with van der Waals surface area (Å²) in [7, 11) is 1.64. The maximum atomic E-state index is 9.29. The summed E-state index contributed by atoms with van der Waals surface area (Å²) < 4.78 is 6.24. The maximum Gasteiger partial charge on any atom is 0.123 e. The molecule has 0 saturated heterocycles. The smallest absolute Gasteiger partial charge is 0.123 e. The normalized spacial score (nSPS) is 12.5. The second kappa shape index (κ2) is 6.85. The molecule has 0 aliphatic rings. The van der Waals surface area contributed by atoms with Crippen LogP contribution in [0.3, 0.4) is 0 Å². The second-order valence-corrected chi connectivity index (χ2v) is 4.39. The van der Waals surface area contributed by atoms with Gasteiger partial charge in [0.05, 0.1) is 13.2 Å². The van der Waals surface area contributed by atoms with Crippen molar-refractivity contribution >= 4 is 15.9 Å². The van der Waals surface area contributed by atoms with Gasteiger partial charge >= 0.3 is 0 Å². The number of benzene rings is 1.